The van der Waals surface area contributed by atoms with Crippen molar-refractivity contribution in [2.24, 2.45) is 0 Å². The molecule has 0 saturated carbocycles. The van der Waals surface area contributed by atoms with Gasteiger partial charge in [0, 0.05) is 28.6 Å². The van der Waals surface area contributed by atoms with Crippen LogP contribution in [-0.2, 0) is 5.41 Å². The van der Waals surface area contributed by atoms with Crippen molar-refractivity contribution in [1.29, 1.82) is 0 Å². The van der Waals surface area contributed by atoms with Crippen LogP contribution in [0, 0.1) is 20.8 Å². The molecule has 1 spiro atoms. The lowest BCUT2D eigenvalue weighted by Gasteiger charge is -2.30. The summed E-state index contributed by atoms with van der Waals surface area (Å²) >= 11 is 0. The highest BCUT2D eigenvalue weighted by atomic mass is 15.0. The van der Waals surface area contributed by atoms with E-state index in [1.54, 1.807) is 0 Å². The number of rotatable bonds is 4. The second-order valence-corrected chi connectivity index (χ2v) is 14.0. The number of hydrogen-bond donors (Lipinski definition) is 0. The first-order valence-electron chi connectivity index (χ1n) is 17.8. The first-order chi connectivity index (χ1) is 25.5. The highest BCUT2D eigenvalue weighted by Crippen LogP contribution is 2.63. The molecule has 52 heavy (non-hydrogen) atoms. The third-order valence-corrected chi connectivity index (χ3v) is 10.9. The van der Waals surface area contributed by atoms with Crippen LogP contribution in [-0.4, -0.2) is 19.9 Å². The first-order valence-corrected chi connectivity index (χ1v) is 17.8. The number of aryl methyl sites for hydroxylation is 3. The van der Waals surface area contributed by atoms with Gasteiger partial charge >= 0.3 is 0 Å². The number of nitrogens with zero attached hydrogens (tertiary/aromatic N) is 4. The number of hydrogen-bond acceptors (Lipinski definition) is 4. The lowest BCUT2D eigenvalue weighted by atomic mass is 9.70. The van der Waals surface area contributed by atoms with Crippen LogP contribution in [0.25, 0.3) is 67.3 Å². The summed E-state index contributed by atoms with van der Waals surface area (Å²) in [6.07, 6.45) is 1.94. The summed E-state index contributed by atoms with van der Waals surface area (Å²) in [5.74, 6) is 2.04. The quantitative estimate of drug-likeness (QED) is 0.188. The van der Waals surface area contributed by atoms with Crippen LogP contribution in [0.3, 0.4) is 0 Å². The summed E-state index contributed by atoms with van der Waals surface area (Å²) in [6, 6.07) is 52.8. The molecule has 0 saturated heterocycles. The molecule has 1 unspecified atom stereocenters. The van der Waals surface area contributed by atoms with Gasteiger partial charge in [-0.15, -0.1) is 0 Å². The van der Waals surface area contributed by atoms with E-state index in [1.807, 2.05) is 19.2 Å². The van der Waals surface area contributed by atoms with Gasteiger partial charge in [-0.05, 0) is 106 Å². The predicted molar refractivity (Wildman–Crippen MR) is 210 cm³/mol. The molecule has 2 aliphatic carbocycles. The van der Waals surface area contributed by atoms with Crippen molar-refractivity contribution in [2.75, 3.05) is 0 Å². The monoisotopic (exact) mass is 666 g/mol. The molecule has 0 amide bonds. The minimum absolute atomic E-state index is 0.482. The van der Waals surface area contributed by atoms with E-state index in [-0.39, 0.29) is 0 Å². The molecule has 0 fully saturated rings. The molecule has 4 heteroatoms. The van der Waals surface area contributed by atoms with E-state index >= 15 is 0 Å². The Morgan fingerprint density at radius 2 is 0.942 bits per heavy atom. The van der Waals surface area contributed by atoms with E-state index in [9.17, 15) is 0 Å². The summed E-state index contributed by atoms with van der Waals surface area (Å²) in [4.78, 5) is 19.5. The molecule has 2 aliphatic rings. The molecular formula is C48H34N4. The van der Waals surface area contributed by atoms with Gasteiger partial charge in [0.25, 0.3) is 0 Å². The standard InChI is InChI=1S/C48H34N4/c1-29-25-40(30(2)49-28-29)35-22-24-44-41(26-35)38-14-8-10-16-43(38)48(44)42-15-9-7-13-37(42)39-23-21-36(27-45(39)48)47-51-31(3)50-46(52-47)34-19-17-33(18-20-34)32-11-5-4-6-12-32/h4-28H,1-3H3. The van der Waals surface area contributed by atoms with Gasteiger partial charge in [-0.2, -0.15) is 0 Å². The van der Waals surface area contributed by atoms with Crippen LogP contribution in [0.5, 0.6) is 0 Å². The Bertz CT molecular complexity index is 2710. The smallest absolute Gasteiger partial charge is 0.163 e. The topological polar surface area (TPSA) is 51.6 Å². The van der Waals surface area contributed by atoms with Crippen LogP contribution in [0.15, 0.2) is 152 Å². The zero-order valence-corrected chi connectivity index (χ0v) is 29.2. The molecule has 2 aromatic heterocycles. The van der Waals surface area contributed by atoms with E-state index < -0.39 is 5.41 Å². The first kappa shape index (κ1) is 30.3. The average molecular weight is 667 g/mol. The normalized spacial score (nSPS) is 14.9. The molecule has 2 heterocycles. The Hall–Kier alpha value is -6.52. The Kier molecular flexibility index (Phi) is 6.71. The van der Waals surface area contributed by atoms with Gasteiger partial charge in [-0.1, -0.05) is 127 Å². The largest absolute Gasteiger partial charge is 0.261 e. The lowest BCUT2D eigenvalue weighted by Crippen LogP contribution is -2.25. The summed E-state index contributed by atoms with van der Waals surface area (Å²) < 4.78 is 0. The summed E-state index contributed by atoms with van der Waals surface area (Å²) in [5.41, 5.74) is 18.5. The minimum Gasteiger partial charge on any atom is -0.261 e. The number of aromatic nitrogens is 4. The van der Waals surface area contributed by atoms with Crippen molar-refractivity contribution in [3.63, 3.8) is 0 Å². The van der Waals surface area contributed by atoms with Crippen molar-refractivity contribution in [2.45, 2.75) is 26.2 Å². The van der Waals surface area contributed by atoms with E-state index in [1.165, 1.54) is 61.2 Å². The molecule has 0 N–H and O–H groups in total. The van der Waals surface area contributed by atoms with Crippen LogP contribution in [0.2, 0.25) is 0 Å². The number of pyridine rings is 1. The average Bonchev–Trinajstić information content (AvgIpc) is 3.65. The molecular weight excluding hydrogens is 633 g/mol. The van der Waals surface area contributed by atoms with Crippen LogP contribution in [0.1, 0.15) is 39.3 Å². The highest BCUT2D eigenvalue weighted by molar-refractivity contribution is 5.96. The Balaban J connectivity index is 1.15. The molecule has 10 rings (SSSR count). The van der Waals surface area contributed by atoms with E-state index in [0.29, 0.717) is 17.5 Å². The molecule has 0 bridgehead atoms. The summed E-state index contributed by atoms with van der Waals surface area (Å²) in [7, 11) is 0. The Morgan fingerprint density at radius 3 is 1.69 bits per heavy atom. The van der Waals surface area contributed by atoms with Crippen molar-refractivity contribution >= 4 is 0 Å². The zero-order chi connectivity index (χ0) is 35.0. The second-order valence-electron chi connectivity index (χ2n) is 14.0. The van der Waals surface area contributed by atoms with Crippen molar-refractivity contribution in [1.82, 2.24) is 19.9 Å². The van der Waals surface area contributed by atoms with Crippen LogP contribution < -0.4 is 0 Å². The van der Waals surface area contributed by atoms with Gasteiger partial charge < -0.3 is 0 Å². The molecule has 6 aromatic carbocycles. The van der Waals surface area contributed by atoms with Gasteiger partial charge in [-0.25, -0.2) is 15.0 Å². The molecule has 0 aliphatic heterocycles. The molecule has 8 aromatic rings. The third-order valence-electron chi connectivity index (χ3n) is 10.9. The summed E-state index contributed by atoms with van der Waals surface area (Å²) in [6.45, 7) is 6.15. The highest BCUT2D eigenvalue weighted by Gasteiger charge is 2.51. The van der Waals surface area contributed by atoms with Crippen molar-refractivity contribution in [3.05, 3.63) is 191 Å². The minimum atomic E-state index is -0.482. The lowest BCUT2D eigenvalue weighted by molar-refractivity contribution is 0.794. The fraction of sp³-hybridized carbons (Fsp3) is 0.0833. The molecule has 246 valence electrons. The van der Waals surface area contributed by atoms with E-state index in [2.05, 4.69) is 153 Å². The van der Waals surface area contributed by atoms with Crippen molar-refractivity contribution in [3.8, 4) is 67.3 Å². The fourth-order valence-corrected chi connectivity index (χ4v) is 8.56. The predicted octanol–water partition coefficient (Wildman–Crippen LogP) is 11.2. The Labute approximate surface area is 303 Å². The number of fused-ring (bicyclic) bond motifs is 10. The fourth-order valence-electron chi connectivity index (χ4n) is 8.56. The maximum atomic E-state index is 5.09. The molecule has 1 atom stereocenters. The SMILES string of the molecule is Cc1cnc(C)c(-c2ccc3c(c2)-c2ccccc2C32c3ccccc3-c3ccc(-c4nc(C)nc(-c5ccc(-c6ccccc6)cc5)n4)cc32)c1. The van der Waals surface area contributed by atoms with Crippen molar-refractivity contribution < 1.29 is 0 Å². The van der Waals surface area contributed by atoms with E-state index in [0.717, 1.165) is 27.9 Å². The maximum absolute atomic E-state index is 5.09. The Morgan fingerprint density at radius 1 is 0.385 bits per heavy atom. The molecule has 0 radical (unpaired) electrons. The van der Waals surface area contributed by atoms with Crippen LogP contribution >= 0.6 is 0 Å². The zero-order valence-electron chi connectivity index (χ0n) is 29.2. The van der Waals surface area contributed by atoms with Gasteiger partial charge in [0.1, 0.15) is 5.82 Å². The van der Waals surface area contributed by atoms with E-state index in [4.69, 9.17) is 19.9 Å². The van der Waals surface area contributed by atoms with Gasteiger partial charge in [0.05, 0.1) is 5.41 Å². The third kappa shape index (κ3) is 4.47. The van der Waals surface area contributed by atoms with Gasteiger partial charge in [0.15, 0.2) is 11.6 Å². The summed E-state index contributed by atoms with van der Waals surface area (Å²) in [5, 5.41) is 0. The second kappa shape index (κ2) is 11.5. The molecule has 4 nitrogen and oxygen atoms in total. The maximum Gasteiger partial charge on any atom is 0.163 e. The van der Waals surface area contributed by atoms with Gasteiger partial charge in [-0.3, -0.25) is 4.98 Å². The van der Waals surface area contributed by atoms with Crippen LogP contribution in [0.4, 0.5) is 0 Å². The number of benzene rings is 6. The van der Waals surface area contributed by atoms with Gasteiger partial charge in [0.2, 0.25) is 0 Å².